The molecule has 2 rings (SSSR count). The Bertz CT molecular complexity index is 453. The minimum absolute atomic E-state index is 0. The van der Waals surface area contributed by atoms with Gasteiger partial charge in [0.2, 0.25) is 0 Å². The number of hydrogen-bond donors (Lipinski definition) is 1. The van der Waals surface area contributed by atoms with Gasteiger partial charge in [-0.15, -0.1) is 12.4 Å². The van der Waals surface area contributed by atoms with Crippen LogP contribution in [0.4, 0.5) is 17.6 Å². The predicted octanol–water partition coefficient (Wildman–Crippen LogP) is 3.31. The van der Waals surface area contributed by atoms with Crippen LogP contribution < -0.4 is 10.1 Å². The normalized spacial score (nSPS) is 17.9. The summed E-state index contributed by atoms with van der Waals surface area (Å²) in [5.74, 6) is -0.267. The van der Waals surface area contributed by atoms with Gasteiger partial charge in [0.15, 0.2) is 0 Å². The first kappa shape index (κ1) is 19.0. The summed E-state index contributed by atoms with van der Waals surface area (Å²) in [5.41, 5.74) is 0.935. The maximum atomic E-state index is 12.8. The third kappa shape index (κ3) is 4.72. The number of hydrogen-bond acceptors (Lipinski definition) is 3. The van der Waals surface area contributed by atoms with Crippen LogP contribution in [0.15, 0.2) is 24.3 Å². The molecular formula is C14H19ClF4N2O. The van der Waals surface area contributed by atoms with Crippen molar-refractivity contribution in [2.45, 2.75) is 25.5 Å². The quantitative estimate of drug-likeness (QED) is 0.831. The average molecular weight is 343 g/mol. The van der Waals surface area contributed by atoms with E-state index in [4.69, 9.17) is 0 Å². The van der Waals surface area contributed by atoms with Crippen LogP contribution in [0.5, 0.6) is 5.75 Å². The summed E-state index contributed by atoms with van der Waals surface area (Å²) in [4.78, 5) is 2.26. The van der Waals surface area contributed by atoms with E-state index >= 15 is 0 Å². The van der Waals surface area contributed by atoms with Crippen LogP contribution in [0.3, 0.4) is 0 Å². The largest absolute Gasteiger partial charge is 0.461 e. The van der Waals surface area contributed by atoms with Crippen LogP contribution >= 0.6 is 12.4 Å². The van der Waals surface area contributed by atoms with E-state index in [9.17, 15) is 17.6 Å². The Hall–Kier alpha value is -1.05. The fourth-order valence-corrected chi connectivity index (χ4v) is 2.30. The van der Waals surface area contributed by atoms with Crippen LogP contribution in [-0.2, 0) is 0 Å². The zero-order valence-corrected chi connectivity index (χ0v) is 12.9. The number of nitrogens with one attached hydrogen (secondary N) is 1. The first-order valence-corrected chi connectivity index (χ1v) is 6.80. The number of ether oxygens (including phenoxy) is 1. The Kier molecular flexibility index (Phi) is 6.90. The van der Waals surface area contributed by atoms with Crippen molar-refractivity contribution < 1.29 is 22.3 Å². The molecule has 1 aromatic rings. The molecule has 1 fully saturated rings. The molecule has 126 valence electrons. The molecule has 8 heteroatoms. The highest BCUT2D eigenvalue weighted by Crippen LogP contribution is 2.29. The summed E-state index contributed by atoms with van der Waals surface area (Å²) in [6.45, 7) is 5.65. The van der Waals surface area contributed by atoms with Crippen LogP contribution in [0.25, 0.3) is 0 Å². The number of piperazine rings is 1. The van der Waals surface area contributed by atoms with Gasteiger partial charge in [0.1, 0.15) is 5.75 Å². The Labute approximate surface area is 133 Å². The third-order valence-electron chi connectivity index (χ3n) is 3.57. The van der Waals surface area contributed by atoms with Gasteiger partial charge in [0, 0.05) is 32.2 Å². The molecule has 1 aliphatic rings. The summed E-state index contributed by atoms with van der Waals surface area (Å²) >= 11 is 0. The molecule has 22 heavy (non-hydrogen) atoms. The molecular weight excluding hydrogens is 324 g/mol. The topological polar surface area (TPSA) is 24.5 Å². The highest BCUT2D eigenvalue weighted by Gasteiger charge is 2.43. The standard InChI is InChI=1S/C14H18F4N2O.ClH/c1-10(20-8-6-19-7-9-20)11-2-4-12(5-3-11)21-14(17,18)13(15)16;/h2-5,10,13,19H,6-9H2,1H3;1H/t10-;/m0./s1. The van der Waals surface area contributed by atoms with Gasteiger partial charge in [0.05, 0.1) is 0 Å². The highest BCUT2D eigenvalue weighted by molar-refractivity contribution is 5.85. The molecule has 1 N–H and O–H groups in total. The van der Waals surface area contributed by atoms with Gasteiger partial charge < -0.3 is 10.1 Å². The van der Waals surface area contributed by atoms with E-state index in [0.717, 1.165) is 31.7 Å². The second-order valence-electron chi connectivity index (χ2n) is 5.00. The second-order valence-corrected chi connectivity index (χ2v) is 5.00. The van der Waals surface area contributed by atoms with Crippen molar-refractivity contribution in [2.75, 3.05) is 26.2 Å². The fourth-order valence-electron chi connectivity index (χ4n) is 2.30. The lowest BCUT2D eigenvalue weighted by molar-refractivity contribution is -0.253. The van der Waals surface area contributed by atoms with E-state index in [1.807, 2.05) is 6.92 Å². The second kappa shape index (κ2) is 7.99. The molecule has 0 saturated carbocycles. The van der Waals surface area contributed by atoms with Crippen molar-refractivity contribution >= 4 is 12.4 Å². The molecule has 1 heterocycles. The van der Waals surface area contributed by atoms with Gasteiger partial charge in [-0.25, -0.2) is 0 Å². The zero-order valence-electron chi connectivity index (χ0n) is 12.1. The number of nitrogens with zero attached hydrogens (tertiary/aromatic N) is 1. The van der Waals surface area contributed by atoms with Crippen LogP contribution in [0.2, 0.25) is 0 Å². The van der Waals surface area contributed by atoms with E-state index in [0.29, 0.717) is 0 Å². The minimum Gasteiger partial charge on any atom is -0.428 e. The Balaban J connectivity index is 0.00000242. The molecule has 0 radical (unpaired) electrons. The Morgan fingerprint density at radius 1 is 1.14 bits per heavy atom. The summed E-state index contributed by atoms with van der Waals surface area (Å²) in [7, 11) is 0. The first-order chi connectivity index (χ1) is 9.90. The number of benzene rings is 1. The van der Waals surface area contributed by atoms with Crippen LogP contribution in [0, 0.1) is 0 Å². The average Bonchev–Trinajstić information content (AvgIpc) is 2.48. The molecule has 0 aliphatic carbocycles. The molecule has 1 atom stereocenters. The first-order valence-electron chi connectivity index (χ1n) is 6.80. The Morgan fingerprint density at radius 2 is 1.68 bits per heavy atom. The van der Waals surface area contributed by atoms with Crippen molar-refractivity contribution in [1.82, 2.24) is 10.2 Å². The number of rotatable bonds is 5. The Morgan fingerprint density at radius 3 is 2.18 bits per heavy atom. The monoisotopic (exact) mass is 342 g/mol. The predicted molar refractivity (Wildman–Crippen MR) is 78.1 cm³/mol. The maximum Gasteiger partial charge on any atom is 0.461 e. The number of halogens is 5. The van der Waals surface area contributed by atoms with Crippen LogP contribution in [0.1, 0.15) is 18.5 Å². The maximum absolute atomic E-state index is 12.8. The molecule has 1 aromatic carbocycles. The van der Waals surface area contributed by atoms with Gasteiger partial charge >= 0.3 is 12.5 Å². The molecule has 1 aliphatic heterocycles. The van der Waals surface area contributed by atoms with Gasteiger partial charge in [-0.1, -0.05) is 12.1 Å². The number of alkyl halides is 4. The fraction of sp³-hybridized carbons (Fsp3) is 0.571. The van der Waals surface area contributed by atoms with Gasteiger partial charge in [-0.2, -0.15) is 17.6 Å². The van der Waals surface area contributed by atoms with E-state index in [1.165, 1.54) is 12.1 Å². The molecule has 0 bridgehead atoms. The smallest absolute Gasteiger partial charge is 0.428 e. The third-order valence-corrected chi connectivity index (χ3v) is 3.57. The van der Waals surface area contributed by atoms with Gasteiger partial charge in [-0.3, -0.25) is 4.90 Å². The van der Waals surface area contributed by atoms with E-state index < -0.39 is 12.5 Å². The lowest BCUT2D eigenvalue weighted by atomic mass is 10.1. The highest BCUT2D eigenvalue weighted by atomic mass is 35.5. The molecule has 0 spiro atoms. The molecule has 1 saturated heterocycles. The van der Waals surface area contributed by atoms with Crippen molar-refractivity contribution in [1.29, 1.82) is 0 Å². The zero-order chi connectivity index (χ0) is 15.5. The molecule has 0 unspecified atom stereocenters. The lowest BCUT2D eigenvalue weighted by Crippen LogP contribution is -2.44. The lowest BCUT2D eigenvalue weighted by Gasteiger charge is -2.33. The van der Waals surface area contributed by atoms with Gasteiger partial charge in [-0.05, 0) is 24.6 Å². The van der Waals surface area contributed by atoms with E-state index in [1.54, 1.807) is 12.1 Å². The van der Waals surface area contributed by atoms with Crippen molar-refractivity contribution in [3.63, 3.8) is 0 Å². The van der Waals surface area contributed by atoms with Crippen molar-refractivity contribution in [3.05, 3.63) is 29.8 Å². The minimum atomic E-state index is -4.47. The van der Waals surface area contributed by atoms with Gasteiger partial charge in [0.25, 0.3) is 0 Å². The van der Waals surface area contributed by atoms with E-state index in [-0.39, 0.29) is 24.2 Å². The van der Waals surface area contributed by atoms with Crippen molar-refractivity contribution in [2.24, 2.45) is 0 Å². The SMILES string of the molecule is C[C@@H](c1ccc(OC(F)(F)C(F)F)cc1)N1CCNCC1.Cl. The summed E-state index contributed by atoms with van der Waals surface area (Å²) in [5, 5.41) is 3.25. The summed E-state index contributed by atoms with van der Waals surface area (Å²) in [6, 6.07) is 5.98. The summed E-state index contributed by atoms with van der Waals surface area (Å²) < 4.78 is 53.7. The van der Waals surface area contributed by atoms with Crippen molar-refractivity contribution in [3.8, 4) is 5.75 Å². The summed E-state index contributed by atoms with van der Waals surface area (Å²) in [6.07, 6.45) is -8.32. The molecule has 0 aromatic heterocycles. The molecule has 0 amide bonds. The van der Waals surface area contributed by atoms with Crippen LogP contribution in [-0.4, -0.2) is 43.6 Å². The molecule has 3 nitrogen and oxygen atoms in total. The van der Waals surface area contributed by atoms with E-state index in [2.05, 4.69) is 15.0 Å².